The second-order valence-corrected chi connectivity index (χ2v) is 5.82. The van der Waals surface area contributed by atoms with Crippen molar-refractivity contribution in [3.8, 4) is 0 Å². The maximum absolute atomic E-state index is 13.6. The summed E-state index contributed by atoms with van der Waals surface area (Å²) in [5.74, 6) is -1.37. The van der Waals surface area contributed by atoms with Gasteiger partial charge in [0, 0.05) is 18.5 Å². The van der Waals surface area contributed by atoms with Crippen molar-refractivity contribution in [2.24, 2.45) is 0 Å². The number of hydrogen-bond acceptors (Lipinski definition) is 4. The van der Waals surface area contributed by atoms with Crippen LogP contribution in [0.4, 0.5) is 8.78 Å². The molecule has 1 saturated carbocycles. The average Bonchev–Trinajstić information content (AvgIpc) is 2.95. The van der Waals surface area contributed by atoms with Gasteiger partial charge >= 0.3 is 0 Å². The third kappa shape index (κ3) is 2.89. The highest BCUT2D eigenvalue weighted by molar-refractivity contribution is 5.94. The van der Waals surface area contributed by atoms with Gasteiger partial charge in [-0.3, -0.25) is 4.79 Å². The van der Waals surface area contributed by atoms with Gasteiger partial charge in [0.15, 0.2) is 17.5 Å². The van der Waals surface area contributed by atoms with Gasteiger partial charge in [0.1, 0.15) is 12.4 Å². The highest BCUT2D eigenvalue weighted by Crippen LogP contribution is 2.36. The molecular formula is C16H18F2N4O2. The Morgan fingerprint density at radius 1 is 1.38 bits per heavy atom. The van der Waals surface area contributed by atoms with E-state index in [0.29, 0.717) is 25.2 Å². The van der Waals surface area contributed by atoms with Crippen molar-refractivity contribution < 1.29 is 18.7 Å². The normalized spacial score (nSPS) is 19.8. The molecule has 0 unspecified atom stereocenters. The maximum Gasteiger partial charge on any atom is 0.254 e. The van der Waals surface area contributed by atoms with E-state index in [-0.39, 0.29) is 24.1 Å². The van der Waals surface area contributed by atoms with Crippen LogP contribution in [0.15, 0.2) is 18.2 Å². The van der Waals surface area contributed by atoms with E-state index in [9.17, 15) is 18.7 Å². The molecular weight excluding hydrogens is 318 g/mol. The summed E-state index contributed by atoms with van der Waals surface area (Å²) in [7, 11) is 0. The molecule has 0 aliphatic heterocycles. The first-order chi connectivity index (χ1) is 11.5. The molecule has 1 heterocycles. The lowest BCUT2D eigenvalue weighted by molar-refractivity contribution is 0.0901. The van der Waals surface area contributed by atoms with Crippen LogP contribution in [-0.4, -0.2) is 31.8 Å². The Bertz CT molecular complexity index is 757. The summed E-state index contributed by atoms with van der Waals surface area (Å²) in [5.41, 5.74) is -0.294. The lowest BCUT2D eigenvalue weighted by atomic mass is 9.79. The molecule has 1 fully saturated rings. The number of benzene rings is 1. The van der Waals surface area contributed by atoms with Gasteiger partial charge in [-0.05, 0) is 31.9 Å². The van der Waals surface area contributed by atoms with E-state index < -0.39 is 17.5 Å². The van der Waals surface area contributed by atoms with Gasteiger partial charge in [-0.1, -0.05) is 6.07 Å². The minimum Gasteiger partial charge on any atom is -0.388 e. The summed E-state index contributed by atoms with van der Waals surface area (Å²) in [6.07, 6.45) is 1.29. The van der Waals surface area contributed by atoms with E-state index in [2.05, 4.69) is 15.5 Å². The van der Waals surface area contributed by atoms with Crippen LogP contribution in [0, 0.1) is 11.6 Å². The number of carbonyl (C=O) groups is 1. The van der Waals surface area contributed by atoms with Gasteiger partial charge < -0.3 is 15.0 Å². The third-order valence-corrected chi connectivity index (χ3v) is 4.35. The Labute approximate surface area is 137 Å². The second-order valence-electron chi connectivity index (χ2n) is 5.82. The largest absolute Gasteiger partial charge is 0.388 e. The number of aromatic nitrogens is 3. The van der Waals surface area contributed by atoms with Crippen LogP contribution < -0.4 is 5.32 Å². The molecule has 1 aliphatic carbocycles. The van der Waals surface area contributed by atoms with Gasteiger partial charge in [-0.15, -0.1) is 10.2 Å². The maximum atomic E-state index is 13.6. The van der Waals surface area contributed by atoms with Gasteiger partial charge in [0.05, 0.1) is 5.56 Å². The first-order valence-electron chi connectivity index (χ1n) is 7.82. The minimum absolute atomic E-state index is 0.121. The molecule has 8 heteroatoms. The molecule has 1 aromatic heterocycles. The molecule has 0 atom stereocenters. The summed E-state index contributed by atoms with van der Waals surface area (Å²) in [6.45, 7) is 2.42. The number of aliphatic hydroxyl groups excluding tert-OH is 1. The summed E-state index contributed by atoms with van der Waals surface area (Å²) < 4.78 is 28.7. The average molecular weight is 336 g/mol. The first kappa shape index (κ1) is 16.5. The zero-order valence-electron chi connectivity index (χ0n) is 13.2. The fourth-order valence-electron chi connectivity index (χ4n) is 3.00. The highest BCUT2D eigenvalue weighted by Gasteiger charge is 2.35. The third-order valence-electron chi connectivity index (χ3n) is 4.35. The van der Waals surface area contributed by atoms with E-state index in [1.165, 1.54) is 12.1 Å². The lowest BCUT2D eigenvalue weighted by Gasteiger charge is -2.35. The SMILES string of the molecule is CCn1c(CO)nnc1C1CC(NC(=O)c2cccc(F)c2F)C1. The smallest absolute Gasteiger partial charge is 0.254 e. The van der Waals surface area contributed by atoms with E-state index in [1.54, 1.807) is 0 Å². The molecule has 6 nitrogen and oxygen atoms in total. The molecule has 2 aromatic rings. The standard InChI is InChI=1S/C16H18F2N4O2/c1-2-22-13(8-23)20-21-15(22)9-6-10(7-9)19-16(24)11-4-3-5-12(17)14(11)18/h3-5,9-10,23H,2,6-8H2,1H3,(H,19,24). The van der Waals surface area contributed by atoms with Crippen LogP contribution >= 0.6 is 0 Å². The van der Waals surface area contributed by atoms with Gasteiger partial charge in [0.25, 0.3) is 5.91 Å². The molecule has 24 heavy (non-hydrogen) atoms. The molecule has 0 bridgehead atoms. The number of hydrogen-bond donors (Lipinski definition) is 2. The van der Waals surface area contributed by atoms with Crippen molar-refractivity contribution in [2.45, 2.75) is 44.9 Å². The van der Waals surface area contributed by atoms with Crippen molar-refractivity contribution in [3.05, 3.63) is 47.0 Å². The molecule has 1 aliphatic rings. The molecule has 0 spiro atoms. The number of carbonyl (C=O) groups excluding carboxylic acids is 1. The molecule has 0 saturated heterocycles. The number of amides is 1. The molecule has 3 rings (SSSR count). The second kappa shape index (κ2) is 6.64. The van der Waals surface area contributed by atoms with E-state index in [0.717, 1.165) is 11.9 Å². The van der Waals surface area contributed by atoms with Crippen molar-refractivity contribution in [1.82, 2.24) is 20.1 Å². The van der Waals surface area contributed by atoms with E-state index in [1.807, 2.05) is 11.5 Å². The molecule has 2 N–H and O–H groups in total. The number of nitrogens with one attached hydrogen (secondary N) is 1. The fourth-order valence-corrected chi connectivity index (χ4v) is 3.00. The van der Waals surface area contributed by atoms with Crippen LogP contribution in [0.5, 0.6) is 0 Å². The first-order valence-corrected chi connectivity index (χ1v) is 7.82. The summed E-state index contributed by atoms with van der Waals surface area (Å²) in [6, 6.07) is 3.41. The monoisotopic (exact) mass is 336 g/mol. The number of aliphatic hydroxyl groups is 1. The van der Waals surface area contributed by atoms with Crippen molar-refractivity contribution in [3.63, 3.8) is 0 Å². The van der Waals surface area contributed by atoms with Crippen LogP contribution in [0.2, 0.25) is 0 Å². The minimum atomic E-state index is -1.14. The Morgan fingerprint density at radius 3 is 2.79 bits per heavy atom. The fraction of sp³-hybridized carbons (Fsp3) is 0.438. The predicted octanol–water partition coefficient (Wildman–Crippen LogP) is 1.74. The van der Waals surface area contributed by atoms with Crippen LogP contribution in [0.3, 0.4) is 0 Å². The predicted molar refractivity (Wildman–Crippen MR) is 81.2 cm³/mol. The molecule has 128 valence electrons. The highest BCUT2D eigenvalue weighted by atomic mass is 19.2. The molecule has 1 aromatic carbocycles. The zero-order valence-corrected chi connectivity index (χ0v) is 13.2. The van der Waals surface area contributed by atoms with Crippen molar-refractivity contribution in [1.29, 1.82) is 0 Å². The van der Waals surface area contributed by atoms with Gasteiger partial charge in [0.2, 0.25) is 0 Å². The Balaban J connectivity index is 1.62. The zero-order chi connectivity index (χ0) is 17.3. The van der Waals surface area contributed by atoms with Crippen LogP contribution in [-0.2, 0) is 13.2 Å². The Morgan fingerprint density at radius 2 is 2.12 bits per heavy atom. The lowest BCUT2D eigenvalue weighted by Crippen LogP contribution is -2.44. The summed E-state index contributed by atoms with van der Waals surface area (Å²) in [4.78, 5) is 12.1. The quantitative estimate of drug-likeness (QED) is 0.872. The summed E-state index contributed by atoms with van der Waals surface area (Å²) in [5, 5.41) is 20.0. The Kier molecular flexibility index (Phi) is 4.57. The van der Waals surface area contributed by atoms with Crippen LogP contribution in [0.1, 0.15) is 47.7 Å². The van der Waals surface area contributed by atoms with Gasteiger partial charge in [-0.2, -0.15) is 0 Å². The molecule has 0 radical (unpaired) electrons. The van der Waals surface area contributed by atoms with Crippen molar-refractivity contribution >= 4 is 5.91 Å². The van der Waals surface area contributed by atoms with Crippen LogP contribution in [0.25, 0.3) is 0 Å². The van der Waals surface area contributed by atoms with E-state index >= 15 is 0 Å². The topological polar surface area (TPSA) is 80.0 Å². The van der Waals surface area contributed by atoms with E-state index in [4.69, 9.17) is 0 Å². The number of rotatable bonds is 5. The molecule has 1 amide bonds. The van der Waals surface area contributed by atoms with Gasteiger partial charge in [-0.25, -0.2) is 8.78 Å². The van der Waals surface area contributed by atoms with Crippen molar-refractivity contribution in [2.75, 3.05) is 0 Å². The number of nitrogens with zero attached hydrogens (tertiary/aromatic N) is 3. The summed E-state index contributed by atoms with van der Waals surface area (Å²) >= 11 is 0. The number of halogens is 2. The Hall–Kier alpha value is -2.35.